The van der Waals surface area contributed by atoms with E-state index in [1.54, 1.807) is 0 Å². The Morgan fingerprint density at radius 2 is 2.23 bits per heavy atom. The lowest BCUT2D eigenvalue weighted by molar-refractivity contribution is 0.207. The first-order valence-corrected chi connectivity index (χ1v) is 5.55. The molecule has 0 aliphatic carbocycles. The topological polar surface area (TPSA) is 15.3 Å². The summed E-state index contributed by atoms with van der Waals surface area (Å²) < 4.78 is 0. The molecule has 1 heterocycles. The summed E-state index contributed by atoms with van der Waals surface area (Å²) in [5.41, 5.74) is 0.530. The third kappa shape index (κ3) is 3.65. The van der Waals surface area contributed by atoms with E-state index < -0.39 is 0 Å². The van der Waals surface area contributed by atoms with Crippen molar-refractivity contribution in [2.24, 2.45) is 5.41 Å². The normalized spacial score (nSPS) is 28.6. The Balaban J connectivity index is 2.21. The summed E-state index contributed by atoms with van der Waals surface area (Å²) in [4.78, 5) is 2.48. The molecule has 78 valence electrons. The molecule has 0 radical (unpaired) electrons. The maximum atomic E-state index is 3.45. The fourth-order valence-electron chi connectivity index (χ4n) is 2.16. The van der Waals surface area contributed by atoms with E-state index in [2.05, 4.69) is 31.1 Å². The fourth-order valence-corrected chi connectivity index (χ4v) is 2.16. The van der Waals surface area contributed by atoms with Gasteiger partial charge in [0.2, 0.25) is 0 Å². The Kier molecular flexibility index (Phi) is 4.20. The van der Waals surface area contributed by atoms with Crippen LogP contribution >= 0.6 is 0 Å². The average Bonchev–Trinajstić information content (AvgIpc) is 2.48. The van der Waals surface area contributed by atoms with Crippen molar-refractivity contribution in [3.63, 3.8) is 0 Å². The molecule has 1 saturated heterocycles. The minimum absolute atomic E-state index is 0.530. The van der Waals surface area contributed by atoms with E-state index >= 15 is 0 Å². The molecule has 1 aliphatic rings. The van der Waals surface area contributed by atoms with E-state index in [1.807, 2.05) is 0 Å². The van der Waals surface area contributed by atoms with Crippen molar-refractivity contribution in [2.45, 2.75) is 33.1 Å². The standard InChI is InChI=1S/C11H24N2/c1-4-5-8-13(3)10-11(2)6-7-12-9-11/h12H,4-10H2,1-3H3. The molecular formula is C11H24N2. The van der Waals surface area contributed by atoms with Gasteiger partial charge in [0, 0.05) is 13.1 Å². The van der Waals surface area contributed by atoms with Gasteiger partial charge in [0.05, 0.1) is 0 Å². The number of rotatable bonds is 5. The third-order valence-electron chi connectivity index (χ3n) is 3.00. The van der Waals surface area contributed by atoms with Crippen molar-refractivity contribution in [3.8, 4) is 0 Å². The predicted octanol–water partition coefficient (Wildman–Crippen LogP) is 1.72. The quantitative estimate of drug-likeness (QED) is 0.700. The Hall–Kier alpha value is -0.0800. The van der Waals surface area contributed by atoms with Gasteiger partial charge < -0.3 is 10.2 Å². The Morgan fingerprint density at radius 3 is 2.77 bits per heavy atom. The Bertz CT molecular complexity index is 139. The molecule has 1 atom stereocenters. The Labute approximate surface area is 82.7 Å². The van der Waals surface area contributed by atoms with Crippen LogP contribution in [0.5, 0.6) is 0 Å². The molecule has 0 aromatic carbocycles. The maximum absolute atomic E-state index is 3.45. The van der Waals surface area contributed by atoms with Crippen LogP contribution in [0.4, 0.5) is 0 Å². The number of nitrogens with one attached hydrogen (secondary N) is 1. The van der Waals surface area contributed by atoms with Crippen LogP contribution in [0.1, 0.15) is 33.1 Å². The molecule has 0 aromatic heterocycles. The number of unbranched alkanes of at least 4 members (excludes halogenated alkanes) is 1. The van der Waals surface area contributed by atoms with Gasteiger partial charge in [-0.15, -0.1) is 0 Å². The van der Waals surface area contributed by atoms with Gasteiger partial charge in [-0.25, -0.2) is 0 Å². The van der Waals surface area contributed by atoms with Gasteiger partial charge in [-0.3, -0.25) is 0 Å². The van der Waals surface area contributed by atoms with Crippen molar-refractivity contribution in [2.75, 3.05) is 33.2 Å². The van der Waals surface area contributed by atoms with Crippen LogP contribution in [-0.2, 0) is 0 Å². The van der Waals surface area contributed by atoms with Crippen LogP contribution in [0.25, 0.3) is 0 Å². The molecule has 1 N–H and O–H groups in total. The van der Waals surface area contributed by atoms with Gasteiger partial charge in [-0.2, -0.15) is 0 Å². The molecule has 2 nitrogen and oxygen atoms in total. The van der Waals surface area contributed by atoms with Gasteiger partial charge in [0.1, 0.15) is 0 Å². The second-order valence-electron chi connectivity index (χ2n) is 4.83. The molecule has 0 amide bonds. The molecular weight excluding hydrogens is 160 g/mol. The highest BCUT2D eigenvalue weighted by Crippen LogP contribution is 2.25. The minimum Gasteiger partial charge on any atom is -0.316 e. The largest absolute Gasteiger partial charge is 0.316 e. The van der Waals surface area contributed by atoms with Crippen LogP contribution in [0, 0.1) is 5.41 Å². The van der Waals surface area contributed by atoms with Crippen LogP contribution < -0.4 is 5.32 Å². The lowest BCUT2D eigenvalue weighted by atomic mass is 9.89. The highest BCUT2D eigenvalue weighted by Gasteiger charge is 2.29. The second kappa shape index (κ2) is 4.97. The van der Waals surface area contributed by atoms with Crippen molar-refractivity contribution in [3.05, 3.63) is 0 Å². The third-order valence-corrected chi connectivity index (χ3v) is 3.00. The molecule has 1 fully saturated rings. The molecule has 0 aromatic rings. The smallest absolute Gasteiger partial charge is 0.00449 e. The van der Waals surface area contributed by atoms with E-state index in [9.17, 15) is 0 Å². The summed E-state index contributed by atoms with van der Waals surface area (Å²) in [5.74, 6) is 0. The van der Waals surface area contributed by atoms with Crippen molar-refractivity contribution in [1.82, 2.24) is 10.2 Å². The van der Waals surface area contributed by atoms with E-state index in [4.69, 9.17) is 0 Å². The molecule has 0 spiro atoms. The zero-order valence-electron chi connectivity index (χ0n) is 9.40. The summed E-state index contributed by atoms with van der Waals surface area (Å²) in [6.07, 6.45) is 3.97. The first-order chi connectivity index (χ1) is 6.16. The zero-order chi connectivity index (χ0) is 9.73. The SMILES string of the molecule is CCCCN(C)CC1(C)CCNC1. The highest BCUT2D eigenvalue weighted by molar-refractivity contribution is 4.85. The second-order valence-corrected chi connectivity index (χ2v) is 4.83. The molecule has 1 rings (SSSR count). The van der Waals surface area contributed by atoms with E-state index in [0.717, 1.165) is 0 Å². The lowest BCUT2D eigenvalue weighted by Crippen LogP contribution is -2.35. The fraction of sp³-hybridized carbons (Fsp3) is 1.00. The number of hydrogen-bond donors (Lipinski definition) is 1. The first-order valence-electron chi connectivity index (χ1n) is 5.55. The summed E-state index contributed by atoms with van der Waals surface area (Å²) in [6.45, 7) is 9.57. The molecule has 1 unspecified atom stereocenters. The molecule has 2 heteroatoms. The highest BCUT2D eigenvalue weighted by atomic mass is 15.1. The van der Waals surface area contributed by atoms with Crippen LogP contribution in [0.3, 0.4) is 0 Å². The van der Waals surface area contributed by atoms with Crippen LogP contribution in [-0.4, -0.2) is 38.1 Å². The molecule has 13 heavy (non-hydrogen) atoms. The van der Waals surface area contributed by atoms with Crippen molar-refractivity contribution >= 4 is 0 Å². The lowest BCUT2D eigenvalue weighted by Gasteiger charge is -2.29. The maximum Gasteiger partial charge on any atom is 0.00449 e. The number of hydrogen-bond acceptors (Lipinski definition) is 2. The first kappa shape index (κ1) is 11.0. The van der Waals surface area contributed by atoms with Gasteiger partial charge in [-0.05, 0) is 38.4 Å². The van der Waals surface area contributed by atoms with Gasteiger partial charge in [0.15, 0.2) is 0 Å². The molecule has 0 bridgehead atoms. The van der Waals surface area contributed by atoms with E-state index in [1.165, 1.54) is 45.4 Å². The summed E-state index contributed by atoms with van der Waals surface area (Å²) in [5, 5.41) is 3.45. The van der Waals surface area contributed by atoms with Gasteiger partial charge >= 0.3 is 0 Å². The monoisotopic (exact) mass is 184 g/mol. The van der Waals surface area contributed by atoms with Crippen LogP contribution in [0.2, 0.25) is 0 Å². The average molecular weight is 184 g/mol. The summed E-state index contributed by atoms with van der Waals surface area (Å²) in [7, 11) is 2.25. The minimum atomic E-state index is 0.530. The summed E-state index contributed by atoms with van der Waals surface area (Å²) >= 11 is 0. The van der Waals surface area contributed by atoms with Gasteiger partial charge in [0.25, 0.3) is 0 Å². The van der Waals surface area contributed by atoms with E-state index in [-0.39, 0.29) is 0 Å². The number of nitrogens with zero attached hydrogens (tertiary/aromatic N) is 1. The zero-order valence-corrected chi connectivity index (χ0v) is 9.40. The van der Waals surface area contributed by atoms with Crippen molar-refractivity contribution < 1.29 is 0 Å². The van der Waals surface area contributed by atoms with Gasteiger partial charge in [-0.1, -0.05) is 20.3 Å². The Morgan fingerprint density at radius 1 is 1.46 bits per heavy atom. The predicted molar refractivity (Wildman–Crippen MR) is 58.0 cm³/mol. The molecule has 0 saturated carbocycles. The summed E-state index contributed by atoms with van der Waals surface area (Å²) in [6, 6.07) is 0. The van der Waals surface area contributed by atoms with E-state index in [0.29, 0.717) is 5.41 Å². The van der Waals surface area contributed by atoms with Crippen LogP contribution in [0.15, 0.2) is 0 Å². The van der Waals surface area contributed by atoms with Crippen molar-refractivity contribution in [1.29, 1.82) is 0 Å². The molecule has 1 aliphatic heterocycles.